The van der Waals surface area contributed by atoms with E-state index in [1.807, 2.05) is 0 Å². The van der Waals surface area contributed by atoms with Gasteiger partial charge in [0.1, 0.15) is 6.61 Å². The summed E-state index contributed by atoms with van der Waals surface area (Å²) in [6, 6.07) is 6.12. The van der Waals surface area contributed by atoms with E-state index in [0.29, 0.717) is 11.4 Å². The van der Waals surface area contributed by atoms with Gasteiger partial charge in [-0.15, -0.1) is 0 Å². The fourth-order valence-corrected chi connectivity index (χ4v) is 1.81. The zero-order chi connectivity index (χ0) is 14.3. The largest absolute Gasteiger partial charge is 0.447 e. The Kier molecular flexibility index (Phi) is 5.58. The van der Waals surface area contributed by atoms with Crippen LogP contribution in [0.2, 0.25) is 0 Å². The van der Waals surface area contributed by atoms with Crippen molar-refractivity contribution < 1.29 is 23.1 Å². The van der Waals surface area contributed by atoms with Crippen molar-refractivity contribution in [1.29, 1.82) is 0 Å². The Morgan fingerprint density at radius 1 is 1.26 bits per heavy atom. The van der Waals surface area contributed by atoms with Crippen LogP contribution in [0.3, 0.4) is 0 Å². The number of rotatable bonds is 6. The molecule has 1 amide bonds. The molecule has 3 N–H and O–H groups in total. The van der Waals surface area contributed by atoms with Crippen molar-refractivity contribution >= 4 is 27.5 Å². The van der Waals surface area contributed by atoms with Crippen LogP contribution >= 0.6 is 0 Å². The second-order valence-corrected chi connectivity index (χ2v) is 5.58. The Balaban J connectivity index is 2.59. The maximum Gasteiger partial charge on any atom is 0.411 e. The smallest absolute Gasteiger partial charge is 0.411 e. The van der Waals surface area contributed by atoms with E-state index < -0.39 is 16.1 Å². The minimum absolute atomic E-state index is 0.0134. The van der Waals surface area contributed by atoms with E-state index >= 15 is 0 Å². The summed E-state index contributed by atoms with van der Waals surface area (Å²) in [4.78, 5) is 11.2. The van der Waals surface area contributed by atoms with Crippen molar-refractivity contribution in [3.05, 3.63) is 24.3 Å². The maximum atomic E-state index is 11.3. The number of hydrogen-bond donors (Lipinski definition) is 3. The molecule has 1 aromatic rings. The van der Waals surface area contributed by atoms with Crippen LogP contribution in [0.4, 0.5) is 16.2 Å². The molecule has 8 heteroatoms. The van der Waals surface area contributed by atoms with Crippen LogP contribution in [0.5, 0.6) is 0 Å². The lowest BCUT2D eigenvalue weighted by molar-refractivity contribution is 0.131. The number of anilines is 2. The van der Waals surface area contributed by atoms with E-state index in [0.717, 1.165) is 0 Å². The minimum Gasteiger partial charge on any atom is -0.447 e. The number of aliphatic hydroxyl groups is 1. The molecule has 0 aliphatic carbocycles. The highest BCUT2D eigenvalue weighted by atomic mass is 32.2. The molecule has 0 aliphatic rings. The number of nitrogens with one attached hydrogen (secondary N) is 2. The molecule has 1 rings (SSSR count). The summed E-state index contributed by atoms with van der Waals surface area (Å²) in [6.07, 6.45) is -0.684. The molecule has 106 valence electrons. The quantitative estimate of drug-likeness (QED) is 0.724. The van der Waals surface area contributed by atoms with Gasteiger partial charge in [0.25, 0.3) is 0 Å². The van der Waals surface area contributed by atoms with Crippen LogP contribution in [0.25, 0.3) is 0 Å². The molecule has 0 saturated heterocycles. The molecule has 0 heterocycles. The summed E-state index contributed by atoms with van der Waals surface area (Å²) in [5.74, 6) is -0.0134. The number of hydrogen-bond acceptors (Lipinski definition) is 5. The van der Waals surface area contributed by atoms with E-state index in [9.17, 15) is 13.2 Å². The first-order valence-electron chi connectivity index (χ1n) is 5.62. The van der Waals surface area contributed by atoms with Gasteiger partial charge in [0, 0.05) is 11.4 Å². The Bertz CT molecular complexity index is 512. The predicted octanol–water partition coefficient (Wildman–Crippen LogP) is 0.989. The van der Waals surface area contributed by atoms with Gasteiger partial charge in [-0.3, -0.25) is 10.0 Å². The van der Waals surface area contributed by atoms with Crippen molar-refractivity contribution in [1.82, 2.24) is 0 Å². The number of carbonyl (C=O) groups excluding carboxylic acids is 1. The first kappa shape index (κ1) is 15.3. The van der Waals surface area contributed by atoms with Gasteiger partial charge in [-0.05, 0) is 31.2 Å². The fraction of sp³-hybridized carbons (Fsp3) is 0.364. The average molecular weight is 288 g/mol. The Morgan fingerprint density at radius 3 is 2.37 bits per heavy atom. The second kappa shape index (κ2) is 6.95. The summed E-state index contributed by atoms with van der Waals surface area (Å²) in [5, 5.41) is 10.9. The zero-order valence-electron chi connectivity index (χ0n) is 10.4. The Hall–Kier alpha value is -1.80. The van der Waals surface area contributed by atoms with Crippen LogP contribution in [0.15, 0.2) is 24.3 Å². The number of ether oxygens (including phenoxy) is 1. The fourth-order valence-electron chi connectivity index (χ4n) is 1.17. The lowest BCUT2D eigenvalue weighted by Gasteiger charge is -2.08. The van der Waals surface area contributed by atoms with E-state index in [2.05, 4.69) is 14.8 Å². The van der Waals surface area contributed by atoms with Gasteiger partial charge in [0.05, 0.1) is 12.4 Å². The summed E-state index contributed by atoms with van der Waals surface area (Å²) in [5.41, 5.74) is 0.874. The van der Waals surface area contributed by atoms with Crippen molar-refractivity contribution in [2.45, 2.75) is 6.92 Å². The second-order valence-electron chi connectivity index (χ2n) is 3.57. The summed E-state index contributed by atoms with van der Waals surface area (Å²) in [7, 11) is -3.31. The molecule has 0 unspecified atom stereocenters. The lowest BCUT2D eigenvalue weighted by atomic mass is 10.3. The molecule has 0 bridgehead atoms. The normalized spacial score (nSPS) is 10.8. The van der Waals surface area contributed by atoms with Crippen molar-refractivity contribution in [3.63, 3.8) is 0 Å². The van der Waals surface area contributed by atoms with E-state index in [1.54, 1.807) is 0 Å². The topological polar surface area (TPSA) is 105 Å². The number of sulfonamides is 1. The Morgan fingerprint density at radius 2 is 1.84 bits per heavy atom. The summed E-state index contributed by atoms with van der Waals surface area (Å²) < 4.78 is 29.6. The van der Waals surface area contributed by atoms with Gasteiger partial charge in [-0.25, -0.2) is 13.2 Å². The average Bonchev–Trinajstić information content (AvgIpc) is 2.38. The maximum absolute atomic E-state index is 11.3. The van der Waals surface area contributed by atoms with E-state index in [4.69, 9.17) is 5.11 Å². The SMILES string of the molecule is CCS(=O)(=O)Nc1ccc(NC(=O)OCCO)cc1. The summed E-state index contributed by atoms with van der Waals surface area (Å²) >= 11 is 0. The Labute approximate surface area is 111 Å². The van der Waals surface area contributed by atoms with Crippen LogP contribution in [-0.2, 0) is 14.8 Å². The minimum atomic E-state index is -3.31. The molecule has 0 spiro atoms. The first-order chi connectivity index (χ1) is 8.96. The molecule has 0 saturated carbocycles. The number of aliphatic hydroxyl groups excluding tert-OH is 1. The molecule has 0 radical (unpaired) electrons. The molecule has 7 nitrogen and oxygen atoms in total. The number of carbonyl (C=O) groups is 1. The summed E-state index contributed by atoms with van der Waals surface area (Å²) in [6.45, 7) is 1.21. The third kappa shape index (κ3) is 5.58. The molecular formula is C11H16N2O5S. The van der Waals surface area contributed by atoms with Crippen LogP contribution < -0.4 is 10.0 Å². The standard InChI is InChI=1S/C11H16N2O5S/c1-2-19(16,17)13-10-5-3-9(4-6-10)12-11(15)18-8-7-14/h3-6,13-14H,2,7-8H2,1H3,(H,12,15). The first-order valence-corrected chi connectivity index (χ1v) is 7.27. The van der Waals surface area contributed by atoms with Gasteiger partial charge in [-0.2, -0.15) is 0 Å². The van der Waals surface area contributed by atoms with Crippen molar-refractivity contribution in [2.75, 3.05) is 29.0 Å². The van der Waals surface area contributed by atoms with E-state index in [-0.39, 0.29) is 19.0 Å². The van der Waals surface area contributed by atoms with Crippen LogP contribution in [0.1, 0.15) is 6.92 Å². The van der Waals surface area contributed by atoms with Crippen LogP contribution in [0, 0.1) is 0 Å². The highest BCUT2D eigenvalue weighted by Crippen LogP contribution is 2.15. The zero-order valence-corrected chi connectivity index (χ0v) is 11.2. The van der Waals surface area contributed by atoms with Crippen molar-refractivity contribution in [2.24, 2.45) is 0 Å². The van der Waals surface area contributed by atoms with Crippen molar-refractivity contribution in [3.8, 4) is 0 Å². The molecule has 0 fully saturated rings. The highest BCUT2D eigenvalue weighted by molar-refractivity contribution is 7.92. The lowest BCUT2D eigenvalue weighted by Crippen LogP contribution is -2.16. The van der Waals surface area contributed by atoms with Gasteiger partial charge < -0.3 is 9.84 Å². The van der Waals surface area contributed by atoms with Gasteiger partial charge >= 0.3 is 6.09 Å². The third-order valence-electron chi connectivity index (χ3n) is 2.11. The molecule has 0 aromatic heterocycles. The van der Waals surface area contributed by atoms with Crippen LogP contribution in [-0.4, -0.2) is 38.6 Å². The van der Waals surface area contributed by atoms with E-state index in [1.165, 1.54) is 31.2 Å². The molecule has 0 atom stereocenters. The highest BCUT2D eigenvalue weighted by Gasteiger charge is 2.07. The molecule has 19 heavy (non-hydrogen) atoms. The monoisotopic (exact) mass is 288 g/mol. The number of benzene rings is 1. The molecule has 1 aromatic carbocycles. The van der Waals surface area contributed by atoms with Gasteiger partial charge in [0.2, 0.25) is 10.0 Å². The van der Waals surface area contributed by atoms with Gasteiger partial charge in [0.15, 0.2) is 0 Å². The third-order valence-corrected chi connectivity index (χ3v) is 3.42. The predicted molar refractivity (Wildman–Crippen MR) is 71.6 cm³/mol. The molecular weight excluding hydrogens is 272 g/mol. The number of amides is 1. The molecule has 0 aliphatic heterocycles. The van der Waals surface area contributed by atoms with Gasteiger partial charge in [-0.1, -0.05) is 0 Å².